The summed E-state index contributed by atoms with van der Waals surface area (Å²) >= 11 is 2.14. The summed E-state index contributed by atoms with van der Waals surface area (Å²) in [6, 6.07) is 0. The van der Waals surface area contributed by atoms with Crippen LogP contribution in [-0.2, 0) is 4.74 Å². The second-order valence-electron chi connectivity index (χ2n) is 3.88. The molecule has 12 heavy (non-hydrogen) atoms. The Morgan fingerprint density at radius 3 is 2.58 bits per heavy atom. The summed E-state index contributed by atoms with van der Waals surface area (Å²) in [4.78, 5) is 0. The summed E-state index contributed by atoms with van der Waals surface area (Å²) in [5.41, 5.74) is 0. The van der Waals surface area contributed by atoms with Crippen molar-refractivity contribution in [3.05, 3.63) is 0 Å². The van der Waals surface area contributed by atoms with E-state index in [1.807, 2.05) is 0 Å². The minimum absolute atomic E-state index is 0.832. The van der Waals surface area contributed by atoms with Crippen LogP contribution >= 0.6 is 11.8 Å². The van der Waals surface area contributed by atoms with E-state index in [-0.39, 0.29) is 0 Å². The quantitative estimate of drug-likeness (QED) is 0.622. The summed E-state index contributed by atoms with van der Waals surface area (Å²) in [7, 11) is 0. The van der Waals surface area contributed by atoms with Gasteiger partial charge in [0.15, 0.2) is 0 Å². The molecule has 1 aliphatic carbocycles. The van der Waals surface area contributed by atoms with Crippen LogP contribution in [0, 0.1) is 5.92 Å². The Balaban J connectivity index is 1.80. The van der Waals surface area contributed by atoms with Gasteiger partial charge in [0.1, 0.15) is 0 Å². The summed E-state index contributed by atoms with van der Waals surface area (Å²) in [5, 5.41) is 0.832. The van der Waals surface area contributed by atoms with Gasteiger partial charge in [-0.05, 0) is 18.8 Å². The second-order valence-corrected chi connectivity index (χ2v) is 5.23. The molecular weight excluding hydrogens is 168 g/mol. The van der Waals surface area contributed by atoms with E-state index in [0.717, 1.165) is 24.4 Å². The second kappa shape index (κ2) is 4.52. The highest BCUT2D eigenvalue weighted by atomic mass is 32.2. The van der Waals surface area contributed by atoms with Gasteiger partial charge in [0.25, 0.3) is 0 Å². The molecule has 0 aromatic carbocycles. The monoisotopic (exact) mass is 186 g/mol. The summed E-state index contributed by atoms with van der Waals surface area (Å²) < 4.78 is 5.51. The standard InChI is InChI=1S/C10H18OS/c1-2-4-9(5-3-1)10-8-11-6-7-12-10/h9-10H,1-8H2. The molecule has 0 N–H and O–H groups in total. The van der Waals surface area contributed by atoms with Gasteiger partial charge in [-0.15, -0.1) is 0 Å². The molecule has 0 amide bonds. The number of thioether (sulfide) groups is 1. The van der Waals surface area contributed by atoms with Crippen LogP contribution in [-0.4, -0.2) is 24.2 Å². The summed E-state index contributed by atoms with van der Waals surface area (Å²) in [5.74, 6) is 2.20. The van der Waals surface area contributed by atoms with Gasteiger partial charge in [0.05, 0.1) is 13.2 Å². The Morgan fingerprint density at radius 1 is 1.08 bits per heavy atom. The van der Waals surface area contributed by atoms with Crippen LogP contribution in [0.5, 0.6) is 0 Å². The SMILES string of the molecule is C1CCC(C2COCCS2)CC1. The Labute approximate surface area is 79.2 Å². The molecule has 1 unspecified atom stereocenters. The van der Waals surface area contributed by atoms with Crippen molar-refractivity contribution < 1.29 is 4.74 Å². The molecule has 0 spiro atoms. The molecular formula is C10H18OS. The van der Waals surface area contributed by atoms with Gasteiger partial charge in [-0.3, -0.25) is 0 Å². The van der Waals surface area contributed by atoms with E-state index in [4.69, 9.17) is 4.74 Å². The molecule has 1 nitrogen and oxygen atoms in total. The van der Waals surface area contributed by atoms with Gasteiger partial charge >= 0.3 is 0 Å². The number of hydrogen-bond donors (Lipinski definition) is 0. The van der Waals surface area contributed by atoms with E-state index >= 15 is 0 Å². The van der Waals surface area contributed by atoms with Crippen molar-refractivity contribution in [2.24, 2.45) is 5.92 Å². The normalized spacial score (nSPS) is 33.5. The average Bonchev–Trinajstić information content (AvgIpc) is 2.21. The third-order valence-electron chi connectivity index (χ3n) is 3.02. The van der Waals surface area contributed by atoms with Gasteiger partial charge in [-0.1, -0.05) is 19.3 Å². The third-order valence-corrected chi connectivity index (χ3v) is 4.37. The van der Waals surface area contributed by atoms with E-state index < -0.39 is 0 Å². The van der Waals surface area contributed by atoms with Crippen molar-refractivity contribution in [2.45, 2.75) is 37.4 Å². The van der Waals surface area contributed by atoms with Crippen LogP contribution in [0.25, 0.3) is 0 Å². The van der Waals surface area contributed by atoms with Crippen LogP contribution < -0.4 is 0 Å². The number of ether oxygens (including phenoxy) is 1. The highest BCUT2D eigenvalue weighted by molar-refractivity contribution is 8.00. The summed E-state index contributed by atoms with van der Waals surface area (Å²) in [6.07, 6.45) is 7.31. The first-order chi connectivity index (χ1) is 5.97. The molecule has 0 aromatic rings. The Bertz CT molecular complexity index is 110. The van der Waals surface area contributed by atoms with E-state index in [2.05, 4.69) is 11.8 Å². The maximum absolute atomic E-state index is 5.51. The van der Waals surface area contributed by atoms with E-state index in [1.165, 1.54) is 37.9 Å². The minimum Gasteiger partial charge on any atom is -0.379 e. The molecule has 1 aliphatic heterocycles. The van der Waals surface area contributed by atoms with Crippen molar-refractivity contribution in [3.63, 3.8) is 0 Å². The molecule has 2 heteroatoms. The van der Waals surface area contributed by atoms with Crippen LogP contribution in [0.1, 0.15) is 32.1 Å². The maximum Gasteiger partial charge on any atom is 0.0588 e. The molecule has 2 fully saturated rings. The molecule has 1 atom stereocenters. The lowest BCUT2D eigenvalue weighted by Crippen LogP contribution is -2.29. The van der Waals surface area contributed by atoms with Crippen LogP contribution in [0.15, 0.2) is 0 Å². The molecule has 0 bridgehead atoms. The fraction of sp³-hybridized carbons (Fsp3) is 1.00. The van der Waals surface area contributed by atoms with Gasteiger partial charge < -0.3 is 4.74 Å². The highest BCUT2D eigenvalue weighted by Gasteiger charge is 2.25. The Kier molecular flexibility index (Phi) is 3.35. The van der Waals surface area contributed by atoms with E-state index in [9.17, 15) is 0 Å². The molecule has 2 aliphatic rings. The fourth-order valence-electron chi connectivity index (χ4n) is 2.28. The molecule has 0 radical (unpaired) electrons. The van der Waals surface area contributed by atoms with Crippen molar-refractivity contribution >= 4 is 11.8 Å². The molecule has 1 saturated heterocycles. The molecule has 70 valence electrons. The zero-order valence-corrected chi connectivity index (χ0v) is 8.44. The fourth-order valence-corrected chi connectivity index (χ4v) is 3.54. The largest absolute Gasteiger partial charge is 0.379 e. The van der Waals surface area contributed by atoms with Crippen molar-refractivity contribution in [2.75, 3.05) is 19.0 Å². The highest BCUT2D eigenvalue weighted by Crippen LogP contribution is 2.34. The van der Waals surface area contributed by atoms with E-state index in [0.29, 0.717) is 0 Å². The Hall–Kier alpha value is 0.310. The molecule has 0 aromatic heterocycles. The van der Waals surface area contributed by atoms with Crippen molar-refractivity contribution in [1.82, 2.24) is 0 Å². The Morgan fingerprint density at radius 2 is 1.92 bits per heavy atom. The maximum atomic E-state index is 5.51. The number of rotatable bonds is 1. The topological polar surface area (TPSA) is 9.23 Å². The van der Waals surface area contributed by atoms with Crippen LogP contribution in [0.4, 0.5) is 0 Å². The van der Waals surface area contributed by atoms with Crippen LogP contribution in [0.3, 0.4) is 0 Å². The van der Waals surface area contributed by atoms with Crippen molar-refractivity contribution in [1.29, 1.82) is 0 Å². The smallest absolute Gasteiger partial charge is 0.0588 e. The predicted octanol–water partition coefficient (Wildman–Crippen LogP) is 2.70. The zero-order chi connectivity index (χ0) is 8.23. The first-order valence-corrected chi connectivity index (χ1v) is 6.21. The van der Waals surface area contributed by atoms with Gasteiger partial charge in [-0.2, -0.15) is 11.8 Å². The lowest BCUT2D eigenvalue weighted by Gasteiger charge is -2.32. The van der Waals surface area contributed by atoms with Crippen LogP contribution in [0.2, 0.25) is 0 Å². The van der Waals surface area contributed by atoms with Gasteiger partial charge in [0.2, 0.25) is 0 Å². The minimum atomic E-state index is 0.832. The average molecular weight is 186 g/mol. The first kappa shape index (κ1) is 8.89. The summed E-state index contributed by atoms with van der Waals surface area (Å²) in [6.45, 7) is 2.00. The zero-order valence-electron chi connectivity index (χ0n) is 7.63. The number of hydrogen-bond acceptors (Lipinski definition) is 2. The molecule has 1 heterocycles. The lowest BCUT2D eigenvalue weighted by molar-refractivity contribution is 0.123. The third kappa shape index (κ3) is 2.17. The van der Waals surface area contributed by atoms with E-state index in [1.54, 1.807) is 0 Å². The van der Waals surface area contributed by atoms with Crippen molar-refractivity contribution in [3.8, 4) is 0 Å². The van der Waals surface area contributed by atoms with Gasteiger partial charge in [0, 0.05) is 11.0 Å². The predicted molar refractivity (Wildman–Crippen MR) is 53.6 cm³/mol. The van der Waals surface area contributed by atoms with Gasteiger partial charge in [-0.25, -0.2) is 0 Å². The molecule has 1 saturated carbocycles. The molecule has 2 rings (SSSR count). The first-order valence-electron chi connectivity index (χ1n) is 5.16. The lowest BCUT2D eigenvalue weighted by atomic mass is 9.87.